The topological polar surface area (TPSA) is 12.0 Å². The summed E-state index contributed by atoms with van der Waals surface area (Å²) >= 11 is 0. The first-order valence-corrected chi connectivity index (χ1v) is 6.36. The number of hydrogen-bond acceptors (Lipinski definition) is 1. The predicted molar refractivity (Wildman–Crippen MR) is 67.5 cm³/mol. The first-order valence-electron chi connectivity index (χ1n) is 6.36. The molecule has 1 atom stereocenters. The van der Waals surface area contributed by atoms with E-state index in [1.54, 1.807) is 12.1 Å². The number of benzene rings is 1. The second-order valence-corrected chi connectivity index (χ2v) is 4.46. The van der Waals surface area contributed by atoms with Crippen LogP contribution < -0.4 is 5.32 Å². The zero-order valence-electron chi connectivity index (χ0n) is 10.8. The van der Waals surface area contributed by atoms with Gasteiger partial charge in [-0.25, -0.2) is 0 Å². The third-order valence-corrected chi connectivity index (χ3v) is 2.94. The second-order valence-electron chi connectivity index (χ2n) is 4.46. The highest BCUT2D eigenvalue weighted by Crippen LogP contribution is 2.29. The summed E-state index contributed by atoms with van der Waals surface area (Å²) in [5.74, 6) is 0. The Morgan fingerprint density at radius 3 is 2.17 bits per heavy atom. The highest BCUT2D eigenvalue weighted by atomic mass is 19.4. The molecule has 4 heteroatoms. The van der Waals surface area contributed by atoms with E-state index in [4.69, 9.17) is 0 Å². The molecule has 1 aromatic carbocycles. The van der Waals surface area contributed by atoms with Crippen molar-refractivity contribution in [2.24, 2.45) is 0 Å². The van der Waals surface area contributed by atoms with Gasteiger partial charge < -0.3 is 5.32 Å². The van der Waals surface area contributed by atoms with E-state index in [1.807, 2.05) is 0 Å². The van der Waals surface area contributed by atoms with Gasteiger partial charge in [0.05, 0.1) is 5.56 Å². The molecule has 0 amide bonds. The predicted octanol–water partition coefficient (Wildman–Crippen LogP) is 4.03. The molecule has 1 aromatic rings. The first-order chi connectivity index (χ1) is 8.47. The van der Waals surface area contributed by atoms with Crippen LogP contribution in [0.2, 0.25) is 0 Å². The Kier molecular flexibility index (Phi) is 5.66. The van der Waals surface area contributed by atoms with Crippen molar-refractivity contribution in [2.45, 2.75) is 45.3 Å². The normalized spacial score (nSPS) is 13.6. The van der Waals surface area contributed by atoms with Gasteiger partial charge in [0.25, 0.3) is 0 Å². The standard InChI is InChI=1S/C14H20F3N/c1-3-9-18-13(4-2)10-11-5-7-12(8-6-11)14(15,16)17/h5-8,13,18H,3-4,9-10H2,1-2H3. The lowest BCUT2D eigenvalue weighted by atomic mass is 10.0. The van der Waals surface area contributed by atoms with Crippen molar-refractivity contribution in [1.29, 1.82) is 0 Å². The van der Waals surface area contributed by atoms with E-state index in [-0.39, 0.29) is 0 Å². The van der Waals surface area contributed by atoms with Gasteiger partial charge in [0.2, 0.25) is 0 Å². The van der Waals surface area contributed by atoms with E-state index < -0.39 is 11.7 Å². The summed E-state index contributed by atoms with van der Waals surface area (Å²) in [6, 6.07) is 5.78. The Balaban J connectivity index is 2.62. The molecule has 18 heavy (non-hydrogen) atoms. The third-order valence-electron chi connectivity index (χ3n) is 2.94. The second kappa shape index (κ2) is 6.78. The van der Waals surface area contributed by atoms with Crippen molar-refractivity contribution >= 4 is 0 Å². The lowest BCUT2D eigenvalue weighted by Crippen LogP contribution is -2.31. The van der Waals surface area contributed by atoms with Gasteiger partial charge in [-0.05, 0) is 43.5 Å². The van der Waals surface area contributed by atoms with Crippen LogP contribution in [0.3, 0.4) is 0 Å². The molecule has 0 saturated carbocycles. The average molecular weight is 259 g/mol. The molecular formula is C14H20F3N. The molecular weight excluding hydrogens is 239 g/mol. The maximum Gasteiger partial charge on any atom is 0.416 e. The van der Waals surface area contributed by atoms with E-state index in [2.05, 4.69) is 19.2 Å². The summed E-state index contributed by atoms with van der Waals surface area (Å²) in [6.45, 7) is 5.12. The van der Waals surface area contributed by atoms with E-state index >= 15 is 0 Å². The lowest BCUT2D eigenvalue weighted by Gasteiger charge is -2.17. The van der Waals surface area contributed by atoms with Crippen molar-refractivity contribution in [3.63, 3.8) is 0 Å². The number of rotatable bonds is 6. The first kappa shape index (κ1) is 15.0. The smallest absolute Gasteiger partial charge is 0.314 e. The molecule has 1 rings (SSSR count). The van der Waals surface area contributed by atoms with Crippen molar-refractivity contribution in [3.8, 4) is 0 Å². The SMILES string of the molecule is CCCNC(CC)Cc1ccc(C(F)(F)F)cc1. The average Bonchev–Trinajstić information content (AvgIpc) is 2.34. The molecule has 102 valence electrons. The van der Waals surface area contributed by atoms with Crippen LogP contribution in [0, 0.1) is 0 Å². The maximum absolute atomic E-state index is 12.4. The molecule has 1 nitrogen and oxygen atoms in total. The van der Waals surface area contributed by atoms with Crippen LogP contribution in [0.1, 0.15) is 37.8 Å². The zero-order chi connectivity index (χ0) is 13.6. The van der Waals surface area contributed by atoms with Gasteiger partial charge in [-0.1, -0.05) is 26.0 Å². The molecule has 0 aliphatic rings. The Hall–Kier alpha value is -1.03. The van der Waals surface area contributed by atoms with Gasteiger partial charge in [-0.3, -0.25) is 0 Å². The summed E-state index contributed by atoms with van der Waals surface area (Å²) in [5, 5.41) is 3.39. The highest BCUT2D eigenvalue weighted by molar-refractivity contribution is 5.25. The molecule has 0 aliphatic carbocycles. The van der Waals surface area contributed by atoms with E-state index in [0.29, 0.717) is 6.04 Å². The van der Waals surface area contributed by atoms with Crippen LogP contribution >= 0.6 is 0 Å². The van der Waals surface area contributed by atoms with Crippen molar-refractivity contribution < 1.29 is 13.2 Å². The maximum atomic E-state index is 12.4. The molecule has 0 spiro atoms. The van der Waals surface area contributed by atoms with Crippen LogP contribution in [0.15, 0.2) is 24.3 Å². The Morgan fingerprint density at radius 2 is 1.72 bits per heavy atom. The largest absolute Gasteiger partial charge is 0.416 e. The third kappa shape index (κ3) is 4.69. The number of halogens is 3. The van der Waals surface area contributed by atoms with Crippen LogP contribution in [-0.2, 0) is 12.6 Å². The molecule has 0 fully saturated rings. The molecule has 0 saturated heterocycles. The van der Waals surface area contributed by atoms with Crippen LogP contribution in [0.25, 0.3) is 0 Å². The zero-order valence-corrected chi connectivity index (χ0v) is 10.8. The van der Waals surface area contributed by atoms with Crippen LogP contribution in [0.5, 0.6) is 0 Å². The summed E-state index contributed by atoms with van der Waals surface area (Å²) in [5.41, 5.74) is 0.360. The fourth-order valence-electron chi connectivity index (χ4n) is 1.82. The van der Waals surface area contributed by atoms with Gasteiger partial charge in [0.1, 0.15) is 0 Å². The quantitative estimate of drug-likeness (QED) is 0.813. The van der Waals surface area contributed by atoms with E-state index in [0.717, 1.165) is 43.5 Å². The van der Waals surface area contributed by atoms with Crippen LogP contribution in [0.4, 0.5) is 13.2 Å². The fraction of sp³-hybridized carbons (Fsp3) is 0.571. The summed E-state index contributed by atoms with van der Waals surface area (Å²) in [4.78, 5) is 0. The van der Waals surface area contributed by atoms with Crippen LogP contribution in [-0.4, -0.2) is 12.6 Å². The molecule has 1 unspecified atom stereocenters. The number of alkyl halides is 3. The molecule has 0 bridgehead atoms. The molecule has 0 aromatic heterocycles. The van der Waals surface area contributed by atoms with Crippen molar-refractivity contribution in [3.05, 3.63) is 35.4 Å². The van der Waals surface area contributed by atoms with Crippen molar-refractivity contribution in [1.82, 2.24) is 5.32 Å². The summed E-state index contributed by atoms with van der Waals surface area (Å²) in [6.07, 6.45) is -1.44. The molecule has 0 radical (unpaired) electrons. The van der Waals surface area contributed by atoms with E-state index in [1.165, 1.54) is 0 Å². The monoisotopic (exact) mass is 259 g/mol. The lowest BCUT2D eigenvalue weighted by molar-refractivity contribution is -0.137. The van der Waals surface area contributed by atoms with Gasteiger partial charge >= 0.3 is 6.18 Å². The minimum absolute atomic E-state index is 0.335. The van der Waals surface area contributed by atoms with Crippen molar-refractivity contribution in [2.75, 3.05) is 6.54 Å². The minimum atomic E-state index is -4.25. The molecule has 1 N–H and O–H groups in total. The fourth-order valence-corrected chi connectivity index (χ4v) is 1.82. The summed E-state index contributed by atoms with van der Waals surface area (Å²) in [7, 11) is 0. The highest BCUT2D eigenvalue weighted by Gasteiger charge is 2.29. The van der Waals surface area contributed by atoms with Gasteiger partial charge in [0.15, 0.2) is 0 Å². The Labute approximate surface area is 106 Å². The Bertz CT molecular complexity index is 343. The Morgan fingerprint density at radius 1 is 1.11 bits per heavy atom. The summed E-state index contributed by atoms with van der Waals surface area (Å²) < 4.78 is 37.2. The number of nitrogens with one attached hydrogen (secondary N) is 1. The molecule has 0 heterocycles. The van der Waals surface area contributed by atoms with Gasteiger partial charge in [0, 0.05) is 6.04 Å². The van der Waals surface area contributed by atoms with E-state index in [9.17, 15) is 13.2 Å². The van der Waals surface area contributed by atoms with Gasteiger partial charge in [-0.2, -0.15) is 13.2 Å². The number of hydrogen-bond donors (Lipinski definition) is 1. The minimum Gasteiger partial charge on any atom is -0.314 e. The van der Waals surface area contributed by atoms with Gasteiger partial charge in [-0.15, -0.1) is 0 Å². The molecule has 0 aliphatic heterocycles.